The minimum atomic E-state index is -3.81. The topological polar surface area (TPSA) is 81.3 Å². The average molecular weight is 318 g/mol. The summed E-state index contributed by atoms with van der Waals surface area (Å²) in [5.41, 5.74) is 0.365. The van der Waals surface area contributed by atoms with Gasteiger partial charge in [-0.05, 0) is 0 Å². The van der Waals surface area contributed by atoms with Crippen LogP contribution in [0.25, 0.3) is 4.96 Å². The third-order valence-electron chi connectivity index (χ3n) is 2.39. The van der Waals surface area contributed by atoms with Crippen LogP contribution in [0.4, 0.5) is 5.69 Å². The molecule has 7 nitrogen and oxygen atoms in total. The Morgan fingerprint density at radius 3 is 2.95 bits per heavy atom. The monoisotopic (exact) mass is 317 g/mol. The Hall–Kier alpha value is -1.58. The molecule has 0 aliphatic rings. The SMILES string of the molecule is Cn1cc(NS(=O)(=O)c2c(Cl)nc3sccn23)cn1. The third-order valence-corrected chi connectivity index (χ3v) is 4.93. The number of nitrogens with one attached hydrogen (secondary N) is 1. The molecule has 3 heterocycles. The number of hydrogen-bond acceptors (Lipinski definition) is 5. The number of imidazole rings is 1. The van der Waals surface area contributed by atoms with E-state index in [1.165, 1.54) is 26.6 Å². The lowest BCUT2D eigenvalue weighted by molar-refractivity contribution is 0.596. The molecule has 0 atom stereocenters. The number of rotatable bonds is 3. The smallest absolute Gasteiger partial charge is 0.278 e. The Morgan fingerprint density at radius 2 is 2.26 bits per heavy atom. The predicted octanol–water partition coefficient (Wildman–Crippen LogP) is 1.58. The minimum absolute atomic E-state index is 0.0526. The molecule has 0 saturated heterocycles. The van der Waals surface area contributed by atoms with Crippen LogP contribution in [0, 0.1) is 0 Å². The van der Waals surface area contributed by atoms with Crippen molar-refractivity contribution in [3.05, 3.63) is 29.1 Å². The van der Waals surface area contributed by atoms with Crippen LogP contribution in [0.3, 0.4) is 0 Å². The molecule has 3 aromatic heterocycles. The Kier molecular flexibility index (Phi) is 2.77. The van der Waals surface area contributed by atoms with Crippen molar-refractivity contribution < 1.29 is 8.42 Å². The van der Waals surface area contributed by atoms with E-state index in [-0.39, 0.29) is 10.2 Å². The normalized spacial score (nSPS) is 12.1. The zero-order chi connectivity index (χ0) is 13.6. The summed E-state index contributed by atoms with van der Waals surface area (Å²) >= 11 is 7.21. The Bertz CT molecular complexity index is 847. The van der Waals surface area contributed by atoms with Gasteiger partial charge in [0.1, 0.15) is 0 Å². The molecule has 100 valence electrons. The first-order valence-electron chi connectivity index (χ1n) is 5.10. The first-order chi connectivity index (χ1) is 8.97. The number of sulfonamides is 1. The Balaban J connectivity index is 2.09. The molecule has 0 fully saturated rings. The summed E-state index contributed by atoms with van der Waals surface area (Å²) in [6.45, 7) is 0. The molecule has 3 aromatic rings. The van der Waals surface area contributed by atoms with E-state index >= 15 is 0 Å². The molecule has 0 radical (unpaired) electrons. The second kappa shape index (κ2) is 4.22. The highest BCUT2D eigenvalue weighted by atomic mass is 35.5. The summed E-state index contributed by atoms with van der Waals surface area (Å²) in [6.07, 6.45) is 4.57. The number of nitrogens with zero attached hydrogens (tertiary/aromatic N) is 4. The van der Waals surface area contributed by atoms with E-state index in [1.807, 2.05) is 0 Å². The van der Waals surface area contributed by atoms with E-state index in [1.54, 1.807) is 24.8 Å². The van der Waals surface area contributed by atoms with Gasteiger partial charge in [-0.3, -0.25) is 13.8 Å². The van der Waals surface area contributed by atoms with Gasteiger partial charge in [-0.2, -0.15) is 13.5 Å². The zero-order valence-electron chi connectivity index (χ0n) is 9.61. The highest BCUT2D eigenvalue weighted by molar-refractivity contribution is 7.92. The van der Waals surface area contributed by atoms with Gasteiger partial charge in [-0.25, -0.2) is 4.98 Å². The van der Waals surface area contributed by atoms with Gasteiger partial charge < -0.3 is 0 Å². The number of halogens is 1. The molecule has 3 rings (SSSR count). The predicted molar refractivity (Wildman–Crippen MR) is 72.1 cm³/mol. The van der Waals surface area contributed by atoms with E-state index < -0.39 is 10.0 Å². The standard InChI is InChI=1S/C9H8ClN5O2S2/c1-14-5-6(4-11-14)13-19(16,17)8-7(10)12-9-15(8)2-3-18-9/h2-5,13H,1H3. The summed E-state index contributed by atoms with van der Waals surface area (Å²) in [7, 11) is -2.12. The molecule has 0 amide bonds. The number of aryl methyl sites for hydroxylation is 1. The summed E-state index contributed by atoms with van der Waals surface area (Å²) < 4.78 is 30.0. The molecular weight excluding hydrogens is 310 g/mol. The number of hydrogen-bond donors (Lipinski definition) is 1. The number of thiazole rings is 1. The van der Waals surface area contributed by atoms with Crippen LogP contribution in [0.1, 0.15) is 0 Å². The van der Waals surface area contributed by atoms with E-state index in [4.69, 9.17) is 11.6 Å². The maximum Gasteiger partial charge on any atom is 0.281 e. The first-order valence-corrected chi connectivity index (χ1v) is 7.84. The van der Waals surface area contributed by atoms with Gasteiger partial charge >= 0.3 is 0 Å². The lowest BCUT2D eigenvalue weighted by Crippen LogP contribution is -2.14. The van der Waals surface area contributed by atoms with E-state index in [0.717, 1.165) is 0 Å². The highest BCUT2D eigenvalue weighted by Gasteiger charge is 2.25. The van der Waals surface area contributed by atoms with E-state index in [0.29, 0.717) is 10.6 Å². The van der Waals surface area contributed by atoms with Crippen molar-refractivity contribution in [2.24, 2.45) is 7.05 Å². The molecule has 0 spiro atoms. The first kappa shape index (κ1) is 12.5. The van der Waals surface area contributed by atoms with Gasteiger partial charge in [-0.15, -0.1) is 11.3 Å². The second-order valence-corrected chi connectivity index (χ2v) is 6.60. The summed E-state index contributed by atoms with van der Waals surface area (Å²) in [5.74, 6) is 0. The summed E-state index contributed by atoms with van der Waals surface area (Å²) in [6, 6.07) is 0. The third kappa shape index (κ3) is 2.09. The van der Waals surface area contributed by atoms with Crippen molar-refractivity contribution in [1.29, 1.82) is 0 Å². The molecule has 0 saturated carbocycles. The number of fused-ring (bicyclic) bond motifs is 1. The Labute approximate surface area is 117 Å². The van der Waals surface area contributed by atoms with Crippen molar-refractivity contribution in [2.75, 3.05) is 4.72 Å². The molecule has 10 heteroatoms. The zero-order valence-corrected chi connectivity index (χ0v) is 12.0. The van der Waals surface area contributed by atoms with Gasteiger partial charge in [0, 0.05) is 24.8 Å². The molecule has 0 aliphatic heterocycles. The van der Waals surface area contributed by atoms with Crippen molar-refractivity contribution >= 4 is 43.6 Å². The van der Waals surface area contributed by atoms with Crippen molar-refractivity contribution in [3.63, 3.8) is 0 Å². The minimum Gasteiger partial charge on any atom is -0.278 e. The lowest BCUT2D eigenvalue weighted by atomic mass is 10.6. The van der Waals surface area contributed by atoms with Crippen LogP contribution in [0.5, 0.6) is 0 Å². The van der Waals surface area contributed by atoms with Gasteiger partial charge in [0.2, 0.25) is 0 Å². The highest BCUT2D eigenvalue weighted by Crippen LogP contribution is 2.26. The largest absolute Gasteiger partial charge is 0.281 e. The van der Waals surface area contributed by atoms with Crippen LogP contribution in [0.15, 0.2) is 29.0 Å². The molecule has 19 heavy (non-hydrogen) atoms. The molecule has 1 N–H and O–H groups in total. The Morgan fingerprint density at radius 1 is 1.47 bits per heavy atom. The fourth-order valence-electron chi connectivity index (χ4n) is 1.66. The van der Waals surface area contributed by atoms with Gasteiger partial charge in [-0.1, -0.05) is 11.6 Å². The molecule has 0 aromatic carbocycles. The molecule has 0 aliphatic carbocycles. The number of aromatic nitrogens is 4. The molecular formula is C9H8ClN5O2S2. The summed E-state index contributed by atoms with van der Waals surface area (Å²) in [5, 5.41) is 5.50. The van der Waals surface area contributed by atoms with E-state index in [9.17, 15) is 8.42 Å². The summed E-state index contributed by atoms with van der Waals surface area (Å²) in [4.78, 5) is 4.52. The van der Waals surface area contributed by atoms with Crippen LogP contribution >= 0.6 is 22.9 Å². The fourth-order valence-corrected chi connectivity index (χ4v) is 4.14. The number of anilines is 1. The fraction of sp³-hybridized carbons (Fsp3) is 0.111. The average Bonchev–Trinajstić information content (AvgIpc) is 2.93. The lowest BCUT2D eigenvalue weighted by Gasteiger charge is -2.04. The second-order valence-electron chi connectivity index (χ2n) is 3.77. The van der Waals surface area contributed by atoms with E-state index in [2.05, 4.69) is 14.8 Å². The maximum atomic E-state index is 12.3. The van der Waals surface area contributed by atoms with Crippen LogP contribution in [-0.4, -0.2) is 27.6 Å². The van der Waals surface area contributed by atoms with Crippen LogP contribution < -0.4 is 4.72 Å². The van der Waals surface area contributed by atoms with Crippen molar-refractivity contribution in [3.8, 4) is 0 Å². The van der Waals surface area contributed by atoms with Crippen LogP contribution in [-0.2, 0) is 17.1 Å². The van der Waals surface area contributed by atoms with Crippen molar-refractivity contribution in [1.82, 2.24) is 19.2 Å². The molecule has 0 unspecified atom stereocenters. The quantitative estimate of drug-likeness (QED) is 0.795. The van der Waals surface area contributed by atoms with Crippen LogP contribution in [0.2, 0.25) is 5.15 Å². The maximum absolute atomic E-state index is 12.3. The van der Waals surface area contributed by atoms with Gasteiger partial charge in [0.15, 0.2) is 15.1 Å². The van der Waals surface area contributed by atoms with Gasteiger partial charge in [0.25, 0.3) is 10.0 Å². The van der Waals surface area contributed by atoms with Gasteiger partial charge in [0.05, 0.1) is 11.9 Å². The molecule has 0 bridgehead atoms. The van der Waals surface area contributed by atoms with Crippen molar-refractivity contribution in [2.45, 2.75) is 5.03 Å².